The smallest absolute Gasteiger partial charge is 0.137 e. The molecule has 0 fully saturated rings. The summed E-state index contributed by atoms with van der Waals surface area (Å²) >= 11 is 1.10. The fourth-order valence-electron chi connectivity index (χ4n) is 1.70. The molecule has 19 heavy (non-hydrogen) atoms. The van der Waals surface area contributed by atoms with Crippen LogP contribution in [-0.4, -0.2) is 9.78 Å². The molecule has 0 amide bonds. The van der Waals surface area contributed by atoms with Crippen molar-refractivity contribution in [3.63, 3.8) is 0 Å². The number of nitrogens with zero attached hydrogens (tertiary/aromatic N) is 2. The number of halogens is 2. The number of hydrogen-bond acceptors (Lipinski definition) is 3. The quantitative estimate of drug-likeness (QED) is 0.932. The van der Waals surface area contributed by atoms with Crippen molar-refractivity contribution in [2.24, 2.45) is 0 Å². The summed E-state index contributed by atoms with van der Waals surface area (Å²) < 4.78 is 28.6. The van der Waals surface area contributed by atoms with Gasteiger partial charge in [-0.1, -0.05) is 18.7 Å². The fourth-order valence-corrected chi connectivity index (χ4v) is 2.75. The summed E-state index contributed by atoms with van der Waals surface area (Å²) in [7, 11) is 0. The van der Waals surface area contributed by atoms with Crippen molar-refractivity contribution in [1.82, 2.24) is 9.78 Å². The molecule has 1 heterocycles. The van der Waals surface area contributed by atoms with Crippen LogP contribution in [0.3, 0.4) is 0 Å². The molecule has 0 radical (unpaired) electrons. The highest BCUT2D eigenvalue weighted by Crippen LogP contribution is 2.35. The maximum atomic E-state index is 13.7. The van der Waals surface area contributed by atoms with Crippen molar-refractivity contribution in [2.45, 2.75) is 36.7 Å². The second kappa shape index (κ2) is 5.61. The van der Waals surface area contributed by atoms with Crippen LogP contribution in [0.25, 0.3) is 0 Å². The Morgan fingerprint density at radius 1 is 1.37 bits per heavy atom. The SMILES string of the molecule is CCCn1nc(C)c(N)c1Sc1cc(F)ccc1F. The first-order valence-corrected chi connectivity index (χ1v) is 6.80. The number of aromatic nitrogens is 2. The van der Waals surface area contributed by atoms with E-state index in [2.05, 4.69) is 5.10 Å². The molecule has 2 aromatic rings. The van der Waals surface area contributed by atoms with E-state index in [9.17, 15) is 8.78 Å². The topological polar surface area (TPSA) is 43.8 Å². The molecule has 0 atom stereocenters. The van der Waals surface area contributed by atoms with E-state index < -0.39 is 11.6 Å². The molecule has 0 aliphatic heterocycles. The van der Waals surface area contributed by atoms with Crippen LogP contribution in [0.1, 0.15) is 19.0 Å². The molecule has 0 aliphatic rings. The van der Waals surface area contributed by atoms with Gasteiger partial charge in [0.1, 0.15) is 16.7 Å². The summed E-state index contributed by atoms with van der Waals surface area (Å²) in [5, 5.41) is 4.96. The molecule has 2 N–H and O–H groups in total. The van der Waals surface area contributed by atoms with Crippen LogP contribution in [0, 0.1) is 18.6 Å². The summed E-state index contributed by atoms with van der Waals surface area (Å²) in [6, 6.07) is 3.37. The fraction of sp³-hybridized carbons (Fsp3) is 0.308. The van der Waals surface area contributed by atoms with Crippen molar-refractivity contribution in [3.8, 4) is 0 Å². The Labute approximate surface area is 114 Å². The minimum absolute atomic E-state index is 0.212. The lowest BCUT2D eigenvalue weighted by Gasteiger charge is -2.07. The van der Waals surface area contributed by atoms with Crippen molar-refractivity contribution in [1.29, 1.82) is 0 Å². The summed E-state index contributed by atoms with van der Waals surface area (Å²) in [5.41, 5.74) is 7.17. The van der Waals surface area contributed by atoms with Crippen LogP contribution in [0.2, 0.25) is 0 Å². The van der Waals surface area contributed by atoms with E-state index in [1.54, 1.807) is 11.6 Å². The number of nitrogens with two attached hydrogens (primary N) is 1. The first-order chi connectivity index (χ1) is 9.02. The molecular weight excluding hydrogens is 268 g/mol. The van der Waals surface area contributed by atoms with Gasteiger partial charge in [-0.2, -0.15) is 5.10 Å². The van der Waals surface area contributed by atoms with Crippen LogP contribution in [0.5, 0.6) is 0 Å². The predicted molar refractivity (Wildman–Crippen MR) is 72.1 cm³/mol. The zero-order valence-electron chi connectivity index (χ0n) is 10.8. The number of rotatable bonds is 4. The molecule has 0 aliphatic carbocycles. The Morgan fingerprint density at radius 2 is 2.11 bits per heavy atom. The Balaban J connectivity index is 2.39. The highest BCUT2D eigenvalue weighted by molar-refractivity contribution is 7.99. The predicted octanol–water partition coefficient (Wildman–Crippen LogP) is 3.61. The van der Waals surface area contributed by atoms with Crippen LogP contribution < -0.4 is 5.73 Å². The second-order valence-electron chi connectivity index (χ2n) is 4.20. The molecule has 3 nitrogen and oxygen atoms in total. The third-order valence-electron chi connectivity index (χ3n) is 2.66. The van der Waals surface area contributed by atoms with E-state index >= 15 is 0 Å². The van der Waals surface area contributed by atoms with Gasteiger partial charge in [0.25, 0.3) is 0 Å². The third-order valence-corrected chi connectivity index (χ3v) is 3.82. The zero-order valence-corrected chi connectivity index (χ0v) is 11.6. The van der Waals surface area contributed by atoms with Crippen LogP contribution >= 0.6 is 11.8 Å². The number of aryl methyl sites for hydroxylation is 2. The van der Waals surface area contributed by atoms with E-state index in [1.165, 1.54) is 0 Å². The normalized spacial score (nSPS) is 10.9. The van der Waals surface area contributed by atoms with E-state index in [1.807, 2.05) is 6.92 Å². The van der Waals surface area contributed by atoms with Crippen molar-refractivity contribution >= 4 is 17.4 Å². The number of hydrogen-bond donors (Lipinski definition) is 1. The first kappa shape index (κ1) is 13.9. The van der Waals surface area contributed by atoms with Gasteiger partial charge in [-0.25, -0.2) is 8.78 Å². The molecule has 0 unspecified atom stereocenters. The average Bonchev–Trinajstić information content (AvgIpc) is 2.62. The van der Waals surface area contributed by atoms with E-state index in [-0.39, 0.29) is 4.90 Å². The minimum Gasteiger partial charge on any atom is -0.395 e. The second-order valence-corrected chi connectivity index (χ2v) is 5.23. The van der Waals surface area contributed by atoms with Crippen LogP contribution in [-0.2, 0) is 6.54 Å². The lowest BCUT2D eigenvalue weighted by molar-refractivity contribution is 0.553. The number of benzene rings is 1. The van der Waals surface area contributed by atoms with E-state index in [4.69, 9.17) is 5.73 Å². The largest absolute Gasteiger partial charge is 0.395 e. The molecule has 1 aromatic heterocycles. The molecule has 2 rings (SSSR count). The molecule has 1 aromatic carbocycles. The standard InChI is InChI=1S/C13H15F2N3S/c1-3-6-18-13(12(16)8(2)17-18)19-11-7-9(14)4-5-10(11)15/h4-5,7H,3,6,16H2,1-2H3. The van der Waals surface area contributed by atoms with Crippen LogP contribution in [0.4, 0.5) is 14.5 Å². The maximum absolute atomic E-state index is 13.7. The Bertz CT molecular complexity index is 596. The molecular formula is C13H15F2N3S. The lowest BCUT2D eigenvalue weighted by atomic mass is 10.3. The summed E-state index contributed by atoms with van der Waals surface area (Å²) in [4.78, 5) is 0.212. The molecule has 0 spiro atoms. The molecule has 0 saturated heterocycles. The zero-order chi connectivity index (χ0) is 14.0. The molecule has 0 saturated carbocycles. The van der Waals surface area contributed by atoms with Gasteiger partial charge in [0.15, 0.2) is 0 Å². The Morgan fingerprint density at radius 3 is 2.79 bits per heavy atom. The molecule has 0 bridgehead atoms. The van der Waals surface area contributed by atoms with Gasteiger partial charge in [-0.05, 0) is 31.5 Å². The van der Waals surface area contributed by atoms with Crippen molar-refractivity contribution in [2.75, 3.05) is 5.73 Å². The maximum Gasteiger partial charge on any atom is 0.137 e. The Kier molecular flexibility index (Phi) is 4.09. The number of nitrogen functional groups attached to an aromatic ring is 1. The van der Waals surface area contributed by atoms with E-state index in [0.717, 1.165) is 36.4 Å². The van der Waals surface area contributed by atoms with Crippen molar-refractivity contribution < 1.29 is 8.78 Å². The van der Waals surface area contributed by atoms with Gasteiger partial charge in [0.2, 0.25) is 0 Å². The monoisotopic (exact) mass is 283 g/mol. The van der Waals surface area contributed by atoms with Gasteiger partial charge in [-0.3, -0.25) is 4.68 Å². The van der Waals surface area contributed by atoms with Crippen LogP contribution in [0.15, 0.2) is 28.1 Å². The number of anilines is 1. The lowest BCUT2D eigenvalue weighted by Crippen LogP contribution is -2.01. The Hall–Kier alpha value is -1.56. The summed E-state index contributed by atoms with van der Waals surface area (Å²) in [6.07, 6.45) is 0.889. The highest BCUT2D eigenvalue weighted by Gasteiger charge is 2.15. The molecule has 102 valence electrons. The van der Waals surface area contributed by atoms with Gasteiger partial charge in [0.05, 0.1) is 16.3 Å². The minimum atomic E-state index is -0.472. The first-order valence-electron chi connectivity index (χ1n) is 5.98. The summed E-state index contributed by atoms with van der Waals surface area (Å²) in [5.74, 6) is -0.937. The summed E-state index contributed by atoms with van der Waals surface area (Å²) in [6.45, 7) is 4.51. The van der Waals surface area contributed by atoms with Crippen molar-refractivity contribution in [3.05, 3.63) is 35.5 Å². The van der Waals surface area contributed by atoms with Gasteiger partial charge in [-0.15, -0.1) is 0 Å². The van der Waals surface area contributed by atoms with E-state index in [0.29, 0.717) is 23.0 Å². The highest BCUT2D eigenvalue weighted by atomic mass is 32.2. The van der Waals surface area contributed by atoms with Gasteiger partial charge in [0, 0.05) is 6.54 Å². The van der Waals surface area contributed by atoms with Gasteiger partial charge < -0.3 is 5.73 Å². The third kappa shape index (κ3) is 2.89. The van der Waals surface area contributed by atoms with Gasteiger partial charge >= 0.3 is 0 Å². The molecule has 6 heteroatoms. The average molecular weight is 283 g/mol.